The minimum absolute atomic E-state index is 0.0374. The average molecular weight is 215 g/mol. The topological polar surface area (TPSA) is 49.8 Å². The van der Waals surface area contributed by atoms with Gasteiger partial charge in [0.1, 0.15) is 0 Å². The number of aliphatic hydroxyl groups is 1. The van der Waals surface area contributed by atoms with Crippen molar-refractivity contribution < 1.29 is 14.6 Å². The SMILES string of the molecule is COC1CCC(C(=O)N(C)CCO)CC1. The molecule has 0 unspecified atom stereocenters. The molecule has 1 rings (SSSR count). The highest BCUT2D eigenvalue weighted by Crippen LogP contribution is 2.26. The normalized spacial score (nSPS) is 26.3. The number of aliphatic hydroxyl groups excluding tert-OH is 1. The van der Waals surface area contributed by atoms with Crippen LogP contribution in [0.4, 0.5) is 0 Å². The molecule has 0 atom stereocenters. The summed E-state index contributed by atoms with van der Waals surface area (Å²) in [6.07, 6.45) is 4.09. The minimum atomic E-state index is 0.0374. The number of hydrogen-bond acceptors (Lipinski definition) is 3. The van der Waals surface area contributed by atoms with E-state index >= 15 is 0 Å². The molecule has 0 heterocycles. The number of methoxy groups -OCH3 is 1. The summed E-state index contributed by atoms with van der Waals surface area (Å²) in [5.41, 5.74) is 0. The van der Waals surface area contributed by atoms with Crippen molar-refractivity contribution in [1.29, 1.82) is 0 Å². The molecule has 4 heteroatoms. The largest absolute Gasteiger partial charge is 0.395 e. The van der Waals surface area contributed by atoms with E-state index in [1.54, 1.807) is 19.1 Å². The average Bonchev–Trinajstić information content (AvgIpc) is 2.28. The van der Waals surface area contributed by atoms with Crippen LogP contribution in [0, 0.1) is 5.92 Å². The zero-order valence-corrected chi connectivity index (χ0v) is 9.61. The summed E-state index contributed by atoms with van der Waals surface area (Å²) in [5.74, 6) is 0.298. The summed E-state index contributed by atoms with van der Waals surface area (Å²) in [5, 5.41) is 8.75. The number of rotatable bonds is 4. The van der Waals surface area contributed by atoms with E-state index in [0.717, 1.165) is 25.7 Å². The van der Waals surface area contributed by atoms with E-state index in [1.807, 2.05) is 0 Å². The van der Waals surface area contributed by atoms with Gasteiger partial charge in [-0.25, -0.2) is 0 Å². The smallest absolute Gasteiger partial charge is 0.225 e. The maximum Gasteiger partial charge on any atom is 0.225 e. The number of carbonyl (C=O) groups excluding carboxylic acids is 1. The van der Waals surface area contributed by atoms with Crippen LogP contribution < -0.4 is 0 Å². The lowest BCUT2D eigenvalue weighted by Crippen LogP contribution is -2.37. The highest BCUT2D eigenvalue weighted by molar-refractivity contribution is 5.78. The van der Waals surface area contributed by atoms with Crippen molar-refractivity contribution >= 4 is 5.91 Å². The van der Waals surface area contributed by atoms with Gasteiger partial charge in [-0.3, -0.25) is 4.79 Å². The van der Waals surface area contributed by atoms with Gasteiger partial charge in [0, 0.05) is 26.6 Å². The molecule has 1 aliphatic rings. The zero-order chi connectivity index (χ0) is 11.3. The van der Waals surface area contributed by atoms with Crippen molar-refractivity contribution in [3.63, 3.8) is 0 Å². The second-order valence-corrected chi connectivity index (χ2v) is 4.19. The molecule has 1 N–H and O–H groups in total. The molecule has 1 saturated carbocycles. The van der Waals surface area contributed by atoms with Crippen LogP contribution in [0.15, 0.2) is 0 Å². The van der Waals surface area contributed by atoms with Gasteiger partial charge in [0.25, 0.3) is 0 Å². The molecule has 0 spiro atoms. The quantitative estimate of drug-likeness (QED) is 0.749. The van der Waals surface area contributed by atoms with Crippen LogP contribution in [0.5, 0.6) is 0 Å². The van der Waals surface area contributed by atoms with E-state index in [0.29, 0.717) is 12.6 Å². The summed E-state index contributed by atoms with van der Waals surface area (Å²) in [7, 11) is 3.48. The fourth-order valence-electron chi connectivity index (χ4n) is 2.12. The van der Waals surface area contributed by atoms with Gasteiger partial charge < -0.3 is 14.7 Å². The molecular weight excluding hydrogens is 194 g/mol. The standard InChI is InChI=1S/C11H21NO3/c1-12(7-8-13)11(14)9-3-5-10(15-2)6-4-9/h9-10,13H,3-8H2,1-2H3. The number of carbonyl (C=O) groups is 1. The predicted octanol–water partition coefficient (Wildman–Crippen LogP) is 0.642. The molecule has 15 heavy (non-hydrogen) atoms. The first-order chi connectivity index (χ1) is 7.19. The first-order valence-electron chi connectivity index (χ1n) is 5.57. The molecule has 0 aromatic heterocycles. The van der Waals surface area contributed by atoms with Crippen LogP contribution in [0.3, 0.4) is 0 Å². The Labute approximate surface area is 91.2 Å². The van der Waals surface area contributed by atoms with E-state index in [9.17, 15) is 4.79 Å². The molecule has 0 bridgehead atoms. The van der Waals surface area contributed by atoms with Crippen LogP contribution in [0.2, 0.25) is 0 Å². The fraction of sp³-hybridized carbons (Fsp3) is 0.909. The van der Waals surface area contributed by atoms with Gasteiger partial charge in [-0.05, 0) is 25.7 Å². The maximum atomic E-state index is 11.9. The van der Waals surface area contributed by atoms with Crippen LogP contribution in [-0.2, 0) is 9.53 Å². The van der Waals surface area contributed by atoms with E-state index < -0.39 is 0 Å². The van der Waals surface area contributed by atoms with E-state index in [4.69, 9.17) is 9.84 Å². The monoisotopic (exact) mass is 215 g/mol. The van der Waals surface area contributed by atoms with E-state index in [1.165, 1.54) is 0 Å². The molecule has 1 fully saturated rings. The lowest BCUT2D eigenvalue weighted by atomic mass is 9.86. The number of ether oxygens (including phenoxy) is 1. The predicted molar refractivity (Wildman–Crippen MR) is 57.5 cm³/mol. The molecular formula is C11H21NO3. The Balaban J connectivity index is 2.35. The fourth-order valence-corrected chi connectivity index (χ4v) is 2.12. The first-order valence-corrected chi connectivity index (χ1v) is 5.57. The molecule has 1 amide bonds. The Morgan fingerprint density at radius 3 is 2.47 bits per heavy atom. The number of likely N-dealkylation sites (N-methyl/N-ethyl adjacent to an activating group) is 1. The molecule has 0 saturated heterocycles. The van der Waals surface area contributed by atoms with Crippen molar-refractivity contribution in [3.05, 3.63) is 0 Å². The number of nitrogens with zero attached hydrogens (tertiary/aromatic N) is 1. The maximum absolute atomic E-state index is 11.9. The number of amides is 1. The van der Waals surface area contributed by atoms with Crippen LogP contribution in [0.1, 0.15) is 25.7 Å². The second kappa shape index (κ2) is 6.08. The van der Waals surface area contributed by atoms with Crippen molar-refractivity contribution in [1.82, 2.24) is 4.90 Å². The Bertz CT molecular complexity index is 200. The highest BCUT2D eigenvalue weighted by Gasteiger charge is 2.27. The van der Waals surface area contributed by atoms with Gasteiger partial charge in [-0.1, -0.05) is 0 Å². The van der Waals surface area contributed by atoms with Crippen molar-refractivity contribution in [2.75, 3.05) is 27.3 Å². The Hall–Kier alpha value is -0.610. The third kappa shape index (κ3) is 3.47. The van der Waals surface area contributed by atoms with Gasteiger partial charge in [0.15, 0.2) is 0 Å². The minimum Gasteiger partial charge on any atom is -0.395 e. The molecule has 88 valence electrons. The Morgan fingerprint density at radius 1 is 1.40 bits per heavy atom. The second-order valence-electron chi connectivity index (χ2n) is 4.19. The van der Waals surface area contributed by atoms with E-state index in [2.05, 4.69) is 0 Å². The molecule has 0 radical (unpaired) electrons. The Kier molecular flexibility index (Phi) is 5.05. The summed E-state index contributed by atoms with van der Waals surface area (Å²) in [6.45, 7) is 0.471. The van der Waals surface area contributed by atoms with E-state index in [-0.39, 0.29) is 18.4 Å². The Morgan fingerprint density at radius 2 is 2.00 bits per heavy atom. The zero-order valence-electron chi connectivity index (χ0n) is 9.61. The molecule has 1 aliphatic carbocycles. The molecule has 0 aromatic carbocycles. The van der Waals surface area contributed by atoms with Crippen molar-refractivity contribution in [2.24, 2.45) is 5.92 Å². The van der Waals surface area contributed by atoms with Gasteiger partial charge in [0.05, 0.1) is 12.7 Å². The van der Waals surface area contributed by atoms with Gasteiger partial charge in [-0.2, -0.15) is 0 Å². The summed E-state index contributed by atoms with van der Waals surface area (Å²) < 4.78 is 5.26. The lowest BCUT2D eigenvalue weighted by Gasteiger charge is -2.29. The van der Waals surface area contributed by atoms with Crippen LogP contribution in [0.25, 0.3) is 0 Å². The summed E-state index contributed by atoms with van der Waals surface area (Å²) in [4.78, 5) is 13.5. The lowest BCUT2D eigenvalue weighted by molar-refractivity contribution is -0.136. The molecule has 4 nitrogen and oxygen atoms in total. The van der Waals surface area contributed by atoms with Gasteiger partial charge in [-0.15, -0.1) is 0 Å². The highest BCUT2D eigenvalue weighted by atomic mass is 16.5. The third-order valence-electron chi connectivity index (χ3n) is 3.17. The van der Waals surface area contributed by atoms with Crippen molar-refractivity contribution in [3.8, 4) is 0 Å². The van der Waals surface area contributed by atoms with Crippen LogP contribution >= 0.6 is 0 Å². The third-order valence-corrected chi connectivity index (χ3v) is 3.17. The van der Waals surface area contributed by atoms with Gasteiger partial charge >= 0.3 is 0 Å². The number of hydrogen-bond donors (Lipinski definition) is 1. The molecule has 0 aliphatic heterocycles. The first kappa shape index (κ1) is 12.5. The van der Waals surface area contributed by atoms with Crippen LogP contribution in [-0.4, -0.2) is 49.3 Å². The summed E-state index contributed by atoms with van der Waals surface area (Å²) in [6, 6.07) is 0. The van der Waals surface area contributed by atoms with Crippen molar-refractivity contribution in [2.45, 2.75) is 31.8 Å². The molecule has 0 aromatic rings. The summed E-state index contributed by atoms with van der Waals surface area (Å²) >= 11 is 0. The van der Waals surface area contributed by atoms with Gasteiger partial charge in [0.2, 0.25) is 5.91 Å².